The van der Waals surface area contributed by atoms with Gasteiger partial charge in [0, 0.05) is 28.1 Å². The third-order valence-electron chi connectivity index (χ3n) is 5.66. The molecule has 154 valence electrons. The topological polar surface area (TPSA) is 78.3 Å². The van der Waals surface area contributed by atoms with E-state index in [1.807, 2.05) is 22.9 Å². The predicted octanol–water partition coefficient (Wildman–Crippen LogP) is 4.35. The summed E-state index contributed by atoms with van der Waals surface area (Å²) < 4.78 is 12.6. The van der Waals surface area contributed by atoms with Crippen molar-refractivity contribution < 1.29 is 14.3 Å². The quantitative estimate of drug-likeness (QED) is 0.673. The van der Waals surface area contributed by atoms with Crippen LogP contribution in [0.4, 0.5) is 5.95 Å². The summed E-state index contributed by atoms with van der Waals surface area (Å²) in [4.78, 5) is 18.8. The maximum absolute atomic E-state index is 12.9. The number of anilines is 1. The average molecular weight is 423 g/mol. The fourth-order valence-electron chi connectivity index (χ4n) is 4.16. The minimum Gasteiger partial charge on any atom is -0.493 e. The molecule has 1 aliphatic carbocycles. The van der Waals surface area contributed by atoms with Crippen LogP contribution in [0.5, 0.6) is 11.5 Å². The van der Waals surface area contributed by atoms with Crippen LogP contribution in [0.15, 0.2) is 40.9 Å². The number of Topliss-reactive ketones (excluding diaryl/α,β-unsaturated/α-hetero) is 1. The molecule has 30 heavy (non-hydrogen) atoms. The second kappa shape index (κ2) is 7.28. The monoisotopic (exact) mass is 422 g/mol. The molecule has 3 heterocycles. The Bertz CT molecular complexity index is 1180. The van der Waals surface area contributed by atoms with Gasteiger partial charge in [0.2, 0.25) is 5.95 Å². The second-order valence-electron chi connectivity index (χ2n) is 7.44. The number of ether oxygens (including phenoxy) is 2. The number of nitrogens with one attached hydrogen (secondary N) is 1. The second-order valence-corrected chi connectivity index (χ2v) is 8.39. The third-order valence-corrected chi connectivity index (χ3v) is 6.73. The van der Waals surface area contributed by atoms with Crippen molar-refractivity contribution in [1.82, 2.24) is 14.8 Å². The molecule has 0 amide bonds. The lowest BCUT2D eigenvalue weighted by molar-refractivity contribution is -0.116. The average Bonchev–Trinajstić information content (AvgIpc) is 3.38. The van der Waals surface area contributed by atoms with E-state index in [1.165, 1.54) is 0 Å². The molecular formula is C22H22N4O3S. The first kappa shape index (κ1) is 18.9. The zero-order chi connectivity index (χ0) is 20.8. The molecule has 1 aliphatic heterocycles. The molecule has 5 rings (SSSR count). The summed E-state index contributed by atoms with van der Waals surface area (Å²) >= 11 is 1.65. The smallest absolute Gasteiger partial charge is 0.226 e. The van der Waals surface area contributed by atoms with Crippen LogP contribution < -0.4 is 14.8 Å². The van der Waals surface area contributed by atoms with Crippen LogP contribution in [0.3, 0.4) is 0 Å². The van der Waals surface area contributed by atoms with Gasteiger partial charge >= 0.3 is 0 Å². The Hall–Kier alpha value is -3.13. The van der Waals surface area contributed by atoms with Crippen LogP contribution in [-0.2, 0) is 4.79 Å². The summed E-state index contributed by atoms with van der Waals surface area (Å²) in [6.45, 7) is 2.08. The first-order valence-electron chi connectivity index (χ1n) is 9.87. The molecule has 0 spiro atoms. The maximum atomic E-state index is 12.9. The van der Waals surface area contributed by atoms with Crippen LogP contribution in [0.25, 0.3) is 11.4 Å². The maximum Gasteiger partial charge on any atom is 0.226 e. The standard InChI is InChI=1S/C22H22N4O3S/c1-12-9-10-30-20(12)19-18-14(5-4-6-15(18)27)23-22-24-21(25-26(19)22)13-7-8-16(28-2)17(11-13)29-3/h7-11,19H,4-6H2,1-3H3,(H,23,24,25). The summed E-state index contributed by atoms with van der Waals surface area (Å²) in [6, 6.07) is 7.46. The number of nitrogens with zero attached hydrogens (tertiary/aromatic N) is 3. The van der Waals surface area contributed by atoms with Crippen molar-refractivity contribution in [3.63, 3.8) is 0 Å². The molecule has 0 saturated carbocycles. The molecule has 8 heteroatoms. The van der Waals surface area contributed by atoms with Gasteiger partial charge in [-0.1, -0.05) is 0 Å². The molecule has 1 N–H and O–H groups in total. The van der Waals surface area contributed by atoms with Gasteiger partial charge in [-0.25, -0.2) is 4.68 Å². The number of fused-ring (bicyclic) bond motifs is 1. The van der Waals surface area contributed by atoms with Crippen molar-refractivity contribution >= 4 is 23.1 Å². The number of hydrogen-bond donors (Lipinski definition) is 1. The van der Waals surface area contributed by atoms with Crippen LogP contribution in [0, 0.1) is 6.92 Å². The molecule has 2 aliphatic rings. The molecule has 1 unspecified atom stereocenters. The highest BCUT2D eigenvalue weighted by atomic mass is 32.1. The van der Waals surface area contributed by atoms with Crippen LogP contribution >= 0.6 is 11.3 Å². The molecule has 1 aromatic carbocycles. The number of benzene rings is 1. The summed E-state index contributed by atoms with van der Waals surface area (Å²) in [5.41, 5.74) is 3.78. The van der Waals surface area contributed by atoms with E-state index in [-0.39, 0.29) is 11.8 Å². The fourth-order valence-corrected chi connectivity index (χ4v) is 5.18. The SMILES string of the molecule is COc1ccc(-c2nc3n(n2)C(c2sccc2C)C2=C(CCCC2=O)N3)cc1OC. The summed E-state index contributed by atoms with van der Waals surface area (Å²) in [7, 11) is 3.21. The van der Waals surface area contributed by atoms with E-state index < -0.39 is 0 Å². The van der Waals surface area contributed by atoms with Crippen LogP contribution in [0.1, 0.15) is 35.7 Å². The first-order chi connectivity index (χ1) is 14.6. The Labute approximate surface area is 178 Å². The molecule has 0 bridgehead atoms. The lowest BCUT2D eigenvalue weighted by Crippen LogP contribution is -2.31. The number of aromatic nitrogens is 3. The van der Waals surface area contributed by atoms with Crippen molar-refractivity contribution in [3.05, 3.63) is 51.4 Å². The van der Waals surface area contributed by atoms with Crippen molar-refractivity contribution in [2.24, 2.45) is 0 Å². The number of hydrogen-bond acceptors (Lipinski definition) is 7. The third kappa shape index (κ3) is 2.90. The van der Waals surface area contributed by atoms with Gasteiger partial charge in [0.05, 0.1) is 14.2 Å². The normalized spacial score (nSPS) is 18.0. The number of thiophene rings is 1. The van der Waals surface area contributed by atoms with E-state index in [0.29, 0.717) is 29.7 Å². The predicted molar refractivity (Wildman–Crippen MR) is 115 cm³/mol. The number of ketones is 1. The highest BCUT2D eigenvalue weighted by molar-refractivity contribution is 7.10. The number of carbonyl (C=O) groups is 1. The minimum absolute atomic E-state index is 0.190. The zero-order valence-corrected chi connectivity index (χ0v) is 17.9. The molecule has 7 nitrogen and oxygen atoms in total. The highest BCUT2D eigenvalue weighted by Crippen LogP contribution is 2.43. The van der Waals surface area contributed by atoms with E-state index >= 15 is 0 Å². The van der Waals surface area contributed by atoms with Gasteiger partial charge in [0.1, 0.15) is 6.04 Å². The van der Waals surface area contributed by atoms with Gasteiger partial charge in [-0.3, -0.25) is 4.79 Å². The number of allylic oxidation sites excluding steroid dienone is 2. The Morgan fingerprint density at radius 2 is 2.00 bits per heavy atom. The van der Waals surface area contributed by atoms with E-state index in [2.05, 4.69) is 23.7 Å². The van der Waals surface area contributed by atoms with E-state index in [4.69, 9.17) is 19.6 Å². The molecule has 1 atom stereocenters. The van der Waals surface area contributed by atoms with E-state index in [1.54, 1.807) is 25.6 Å². The van der Waals surface area contributed by atoms with Gasteiger partial charge in [-0.15, -0.1) is 16.4 Å². The van der Waals surface area contributed by atoms with Crippen molar-refractivity contribution in [2.75, 3.05) is 19.5 Å². The lowest BCUT2D eigenvalue weighted by atomic mass is 9.87. The van der Waals surface area contributed by atoms with E-state index in [0.717, 1.165) is 40.1 Å². The molecule has 0 radical (unpaired) electrons. The number of carbonyl (C=O) groups excluding carboxylic acids is 1. The van der Waals surface area contributed by atoms with Gasteiger partial charge in [0.15, 0.2) is 23.1 Å². The first-order valence-corrected chi connectivity index (χ1v) is 10.7. The van der Waals surface area contributed by atoms with Crippen LogP contribution in [-0.4, -0.2) is 34.8 Å². The summed E-state index contributed by atoms with van der Waals surface area (Å²) in [6.07, 6.45) is 2.28. The van der Waals surface area contributed by atoms with Crippen molar-refractivity contribution in [1.29, 1.82) is 0 Å². The minimum atomic E-state index is -0.245. The van der Waals surface area contributed by atoms with Gasteiger partial charge in [-0.05, 0) is 55.0 Å². The molecule has 3 aromatic rings. The number of methoxy groups -OCH3 is 2. The lowest BCUT2D eigenvalue weighted by Gasteiger charge is -2.31. The van der Waals surface area contributed by atoms with Crippen LogP contribution in [0.2, 0.25) is 0 Å². The van der Waals surface area contributed by atoms with E-state index in [9.17, 15) is 4.79 Å². The van der Waals surface area contributed by atoms with Gasteiger partial charge in [0.25, 0.3) is 0 Å². The fraction of sp³-hybridized carbons (Fsp3) is 0.318. The largest absolute Gasteiger partial charge is 0.493 e. The Balaban J connectivity index is 1.65. The number of rotatable bonds is 4. The number of aryl methyl sites for hydroxylation is 1. The molecule has 2 aromatic heterocycles. The summed E-state index contributed by atoms with van der Waals surface area (Å²) in [5, 5.41) is 10.3. The summed E-state index contributed by atoms with van der Waals surface area (Å²) in [5.74, 6) is 2.69. The Kier molecular flexibility index (Phi) is 4.58. The Morgan fingerprint density at radius 1 is 1.17 bits per heavy atom. The van der Waals surface area contributed by atoms with Gasteiger partial charge < -0.3 is 14.8 Å². The Morgan fingerprint density at radius 3 is 2.73 bits per heavy atom. The van der Waals surface area contributed by atoms with Crippen molar-refractivity contribution in [3.8, 4) is 22.9 Å². The molecule has 0 saturated heterocycles. The van der Waals surface area contributed by atoms with Gasteiger partial charge in [-0.2, -0.15) is 4.98 Å². The molecular weight excluding hydrogens is 400 g/mol. The molecule has 0 fully saturated rings. The van der Waals surface area contributed by atoms with Crippen molar-refractivity contribution in [2.45, 2.75) is 32.2 Å². The zero-order valence-electron chi connectivity index (χ0n) is 17.1. The highest BCUT2D eigenvalue weighted by Gasteiger charge is 2.38.